The summed E-state index contributed by atoms with van der Waals surface area (Å²) >= 11 is 0. The molecule has 0 N–H and O–H groups in total. The quantitative estimate of drug-likeness (QED) is 0.0691. The summed E-state index contributed by atoms with van der Waals surface area (Å²) in [7, 11) is 0. The average molecular weight is 549 g/mol. The van der Waals surface area contributed by atoms with Crippen LogP contribution in [0.2, 0.25) is 0 Å². The standard InChI is InChI=1S/C39H80/c1-4-7-10-13-16-19-22-25-28-31-34-37-39(36-33-30-27-24-21-18-15-12-9-6-3)38-35-32-29-26-23-20-17-14-11-8-5-2/h39H,4-38H2,1-3H3. The molecule has 0 unspecified atom stereocenters. The molecular weight excluding hydrogens is 468 g/mol. The lowest BCUT2D eigenvalue weighted by atomic mass is 9.89. The van der Waals surface area contributed by atoms with E-state index in [0.29, 0.717) is 0 Å². The number of rotatable bonds is 35. The molecule has 0 aliphatic carbocycles. The summed E-state index contributed by atoms with van der Waals surface area (Å²) in [5.41, 5.74) is 0. The van der Waals surface area contributed by atoms with Crippen molar-refractivity contribution in [3.8, 4) is 0 Å². The second kappa shape index (κ2) is 36.0. The van der Waals surface area contributed by atoms with Crippen LogP contribution in [0.4, 0.5) is 0 Å². The molecule has 0 saturated heterocycles. The van der Waals surface area contributed by atoms with Gasteiger partial charge >= 0.3 is 0 Å². The molecule has 39 heavy (non-hydrogen) atoms. The maximum Gasteiger partial charge on any atom is -0.0414 e. The summed E-state index contributed by atoms with van der Waals surface area (Å²) in [6, 6.07) is 0. The summed E-state index contributed by atoms with van der Waals surface area (Å²) < 4.78 is 0. The molecule has 0 radical (unpaired) electrons. The largest absolute Gasteiger partial charge is 0.0654 e. The predicted molar refractivity (Wildman–Crippen MR) is 182 cm³/mol. The molecule has 0 nitrogen and oxygen atoms in total. The van der Waals surface area contributed by atoms with Gasteiger partial charge in [-0.25, -0.2) is 0 Å². The lowest BCUT2D eigenvalue weighted by molar-refractivity contribution is 0.365. The van der Waals surface area contributed by atoms with E-state index < -0.39 is 0 Å². The van der Waals surface area contributed by atoms with Crippen LogP contribution in [0.1, 0.15) is 245 Å². The molecule has 236 valence electrons. The monoisotopic (exact) mass is 549 g/mol. The lowest BCUT2D eigenvalue weighted by Gasteiger charge is -2.17. The SMILES string of the molecule is CCCCCCCCCCCCCC(CCCCCCCCCCCC)CCCCCCCCCCCCC. The first-order chi connectivity index (χ1) is 19.3. The highest BCUT2D eigenvalue weighted by atomic mass is 14.1. The second-order valence-electron chi connectivity index (χ2n) is 13.5. The van der Waals surface area contributed by atoms with Crippen molar-refractivity contribution in [1.82, 2.24) is 0 Å². The molecule has 0 bridgehead atoms. The zero-order valence-electron chi connectivity index (χ0n) is 28.3. The Balaban J connectivity index is 3.88. The third kappa shape index (κ3) is 34.1. The molecule has 0 amide bonds. The molecule has 0 aliphatic heterocycles. The zero-order valence-corrected chi connectivity index (χ0v) is 28.3. The molecular formula is C39H80. The minimum atomic E-state index is 1.04. The Labute approximate surface area is 251 Å². The maximum atomic E-state index is 2.32. The van der Waals surface area contributed by atoms with Crippen molar-refractivity contribution in [3.63, 3.8) is 0 Å². The summed E-state index contributed by atoms with van der Waals surface area (Å²) in [6.45, 7) is 6.96. The van der Waals surface area contributed by atoms with Crippen LogP contribution in [-0.2, 0) is 0 Å². The fourth-order valence-electron chi connectivity index (χ4n) is 6.55. The molecule has 0 atom stereocenters. The molecule has 0 spiro atoms. The Morgan fingerprint density at radius 3 is 0.538 bits per heavy atom. The van der Waals surface area contributed by atoms with Crippen LogP contribution in [0, 0.1) is 5.92 Å². The van der Waals surface area contributed by atoms with E-state index in [1.165, 1.54) is 225 Å². The van der Waals surface area contributed by atoms with Gasteiger partial charge in [-0.15, -0.1) is 0 Å². The molecule has 0 heterocycles. The first-order valence-corrected chi connectivity index (χ1v) is 19.3. The minimum absolute atomic E-state index is 1.04. The summed E-state index contributed by atoms with van der Waals surface area (Å²) in [6.07, 6.45) is 51.8. The van der Waals surface area contributed by atoms with Crippen LogP contribution in [-0.4, -0.2) is 0 Å². The summed E-state index contributed by atoms with van der Waals surface area (Å²) in [4.78, 5) is 0. The van der Waals surface area contributed by atoms with Gasteiger partial charge < -0.3 is 0 Å². The van der Waals surface area contributed by atoms with Crippen LogP contribution in [0.15, 0.2) is 0 Å². The average Bonchev–Trinajstić information content (AvgIpc) is 2.95. The zero-order chi connectivity index (χ0) is 28.3. The number of hydrogen-bond donors (Lipinski definition) is 0. The van der Waals surface area contributed by atoms with E-state index in [9.17, 15) is 0 Å². The van der Waals surface area contributed by atoms with Gasteiger partial charge in [0.05, 0.1) is 0 Å². The van der Waals surface area contributed by atoms with Crippen molar-refractivity contribution in [3.05, 3.63) is 0 Å². The minimum Gasteiger partial charge on any atom is -0.0654 e. The van der Waals surface area contributed by atoms with Gasteiger partial charge in [0.25, 0.3) is 0 Å². The smallest absolute Gasteiger partial charge is 0.0414 e. The van der Waals surface area contributed by atoms with Gasteiger partial charge in [0.1, 0.15) is 0 Å². The van der Waals surface area contributed by atoms with Crippen molar-refractivity contribution in [2.45, 2.75) is 245 Å². The Morgan fingerprint density at radius 1 is 0.205 bits per heavy atom. The van der Waals surface area contributed by atoms with Gasteiger partial charge in [0.15, 0.2) is 0 Å². The molecule has 0 aromatic heterocycles. The van der Waals surface area contributed by atoms with E-state index in [-0.39, 0.29) is 0 Å². The van der Waals surface area contributed by atoms with Crippen molar-refractivity contribution in [1.29, 1.82) is 0 Å². The summed E-state index contributed by atoms with van der Waals surface area (Å²) in [5.74, 6) is 1.04. The molecule has 0 aromatic carbocycles. The van der Waals surface area contributed by atoms with Crippen molar-refractivity contribution < 1.29 is 0 Å². The van der Waals surface area contributed by atoms with Crippen LogP contribution in [0.5, 0.6) is 0 Å². The normalized spacial score (nSPS) is 11.7. The van der Waals surface area contributed by atoms with Gasteiger partial charge in [-0.05, 0) is 5.92 Å². The van der Waals surface area contributed by atoms with Crippen LogP contribution >= 0.6 is 0 Å². The van der Waals surface area contributed by atoms with Crippen molar-refractivity contribution in [2.75, 3.05) is 0 Å². The Bertz CT molecular complexity index is 373. The van der Waals surface area contributed by atoms with E-state index in [0.717, 1.165) is 5.92 Å². The van der Waals surface area contributed by atoms with Crippen molar-refractivity contribution >= 4 is 0 Å². The lowest BCUT2D eigenvalue weighted by Crippen LogP contribution is -2.01. The van der Waals surface area contributed by atoms with Crippen LogP contribution < -0.4 is 0 Å². The van der Waals surface area contributed by atoms with Gasteiger partial charge in [0, 0.05) is 0 Å². The Kier molecular flexibility index (Phi) is 36.0. The maximum absolute atomic E-state index is 2.32. The molecule has 0 aromatic rings. The Morgan fingerprint density at radius 2 is 0.359 bits per heavy atom. The fraction of sp³-hybridized carbons (Fsp3) is 1.00. The first kappa shape index (κ1) is 39.0. The highest BCUT2D eigenvalue weighted by molar-refractivity contribution is 4.62. The van der Waals surface area contributed by atoms with Crippen molar-refractivity contribution in [2.24, 2.45) is 5.92 Å². The fourth-order valence-corrected chi connectivity index (χ4v) is 6.55. The second-order valence-corrected chi connectivity index (χ2v) is 13.5. The van der Waals surface area contributed by atoms with E-state index in [2.05, 4.69) is 20.8 Å². The molecule has 0 rings (SSSR count). The van der Waals surface area contributed by atoms with Gasteiger partial charge in [-0.2, -0.15) is 0 Å². The molecule has 0 heteroatoms. The highest BCUT2D eigenvalue weighted by Crippen LogP contribution is 2.25. The number of hydrogen-bond acceptors (Lipinski definition) is 0. The predicted octanol–water partition coefficient (Wildman–Crippen LogP) is 15.3. The molecule has 0 fully saturated rings. The van der Waals surface area contributed by atoms with E-state index in [1.807, 2.05) is 0 Å². The van der Waals surface area contributed by atoms with E-state index in [1.54, 1.807) is 0 Å². The van der Waals surface area contributed by atoms with Gasteiger partial charge in [0.2, 0.25) is 0 Å². The third-order valence-electron chi connectivity index (χ3n) is 9.40. The van der Waals surface area contributed by atoms with E-state index >= 15 is 0 Å². The van der Waals surface area contributed by atoms with Gasteiger partial charge in [-0.1, -0.05) is 245 Å². The van der Waals surface area contributed by atoms with Crippen LogP contribution in [0.25, 0.3) is 0 Å². The number of unbranched alkanes of at least 4 members (excludes halogenated alkanes) is 29. The summed E-state index contributed by atoms with van der Waals surface area (Å²) in [5, 5.41) is 0. The topological polar surface area (TPSA) is 0 Å². The highest BCUT2D eigenvalue weighted by Gasteiger charge is 2.09. The van der Waals surface area contributed by atoms with Crippen LogP contribution in [0.3, 0.4) is 0 Å². The first-order valence-electron chi connectivity index (χ1n) is 19.3. The van der Waals surface area contributed by atoms with Gasteiger partial charge in [-0.3, -0.25) is 0 Å². The Hall–Kier alpha value is 0. The molecule has 0 saturated carbocycles. The molecule has 0 aliphatic rings. The van der Waals surface area contributed by atoms with E-state index in [4.69, 9.17) is 0 Å². The third-order valence-corrected chi connectivity index (χ3v) is 9.40.